The van der Waals surface area contributed by atoms with Gasteiger partial charge in [0.2, 0.25) is 0 Å². The zero-order valence-electron chi connectivity index (χ0n) is 13.1. The molecule has 0 amide bonds. The number of hydrogen-bond donors (Lipinski definition) is 2. The van der Waals surface area contributed by atoms with Gasteiger partial charge in [-0.3, -0.25) is 0 Å². The molecule has 1 aromatic rings. The summed E-state index contributed by atoms with van der Waals surface area (Å²) in [5.74, 6) is 1.78. The van der Waals surface area contributed by atoms with Crippen molar-refractivity contribution in [2.24, 2.45) is 11.7 Å². The minimum Gasteiger partial charge on any atom is -0.493 e. The standard InChI is InChI=1S/C17H27NO3/c1-3-13-6-7-15(16(11-13)20-2)21-10-8-14-5-4-9-17(14,19)12-18/h6-7,11,14,19H,3-5,8-10,12,18H2,1-2H3. The van der Waals surface area contributed by atoms with E-state index in [4.69, 9.17) is 15.2 Å². The third kappa shape index (κ3) is 3.69. The van der Waals surface area contributed by atoms with E-state index in [1.807, 2.05) is 12.1 Å². The van der Waals surface area contributed by atoms with Crippen molar-refractivity contribution in [1.29, 1.82) is 0 Å². The van der Waals surface area contributed by atoms with Gasteiger partial charge >= 0.3 is 0 Å². The summed E-state index contributed by atoms with van der Waals surface area (Å²) < 4.78 is 11.2. The zero-order valence-corrected chi connectivity index (χ0v) is 13.1. The average Bonchev–Trinajstić information content (AvgIpc) is 2.89. The van der Waals surface area contributed by atoms with Crippen molar-refractivity contribution >= 4 is 0 Å². The van der Waals surface area contributed by atoms with Gasteiger partial charge in [-0.25, -0.2) is 0 Å². The Morgan fingerprint density at radius 1 is 1.38 bits per heavy atom. The number of nitrogens with two attached hydrogens (primary N) is 1. The molecular formula is C17H27NO3. The maximum atomic E-state index is 10.4. The smallest absolute Gasteiger partial charge is 0.161 e. The largest absolute Gasteiger partial charge is 0.493 e. The topological polar surface area (TPSA) is 64.7 Å². The lowest BCUT2D eigenvalue weighted by atomic mass is 9.88. The van der Waals surface area contributed by atoms with Gasteiger partial charge in [-0.2, -0.15) is 0 Å². The molecule has 1 fully saturated rings. The molecule has 0 bridgehead atoms. The minimum absolute atomic E-state index is 0.239. The van der Waals surface area contributed by atoms with Crippen LogP contribution in [-0.4, -0.2) is 31.0 Å². The van der Waals surface area contributed by atoms with Crippen molar-refractivity contribution in [2.45, 2.75) is 44.6 Å². The Labute approximate surface area is 127 Å². The lowest BCUT2D eigenvalue weighted by Gasteiger charge is -2.28. The highest BCUT2D eigenvalue weighted by Gasteiger charge is 2.39. The fourth-order valence-corrected chi connectivity index (χ4v) is 3.17. The normalized spacial score (nSPS) is 25.0. The molecule has 1 aliphatic rings. The Kier molecular flexibility index (Phi) is 5.48. The van der Waals surface area contributed by atoms with Crippen LogP contribution >= 0.6 is 0 Å². The van der Waals surface area contributed by atoms with E-state index in [2.05, 4.69) is 13.0 Å². The predicted molar refractivity (Wildman–Crippen MR) is 83.8 cm³/mol. The molecule has 0 spiro atoms. The van der Waals surface area contributed by atoms with E-state index < -0.39 is 5.60 Å². The van der Waals surface area contributed by atoms with E-state index in [-0.39, 0.29) is 5.92 Å². The second-order valence-corrected chi connectivity index (χ2v) is 5.87. The first-order chi connectivity index (χ1) is 10.1. The van der Waals surface area contributed by atoms with E-state index in [0.29, 0.717) is 13.2 Å². The predicted octanol–water partition coefficient (Wildman–Crippen LogP) is 2.52. The van der Waals surface area contributed by atoms with Crippen LogP contribution < -0.4 is 15.2 Å². The van der Waals surface area contributed by atoms with Crippen molar-refractivity contribution in [3.8, 4) is 11.5 Å². The van der Waals surface area contributed by atoms with Crippen LogP contribution in [0.3, 0.4) is 0 Å². The number of rotatable bonds is 7. The third-order valence-corrected chi connectivity index (χ3v) is 4.64. The van der Waals surface area contributed by atoms with Crippen molar-refractivity contribution < 1.29 is 14.6 Å². The van der Waals surface area contributed by atoms with Gasteiger partial charge in [0.05, 0.1) is 19.3 Å². The van der Waals surface area contributed by atoms with Crippen molar-refractivity contribution in [1.82, 2.24) is 0 Å². The van der Waals surface area contributed by atoms with Gasteiger partial charge < -0.3 is 20.3 Å². The van der Waals surface area contributed by atoms with Gasteiger partial charge in [-0.15, -0.1) is 0 Å². The summed E-state index contributed by atoms with van der Waals surface area (Å²) in [6.45, 7) is 3.03. The lowest BCUT2D eigenvalue weighted by Crippen LogP contribution is -2.41. The van der Waals surface area contributed by atoms with Crippen LogP contribution in [0.25, 0.3) is 0 Å². The molecule has 0 radical (unpaired) electrons. The summed E-state index contributed by atoms with van der Waals surface area (Å²) in [5, 5.41) is 10.4. The Morgan fingerprint density at radius 3 is 2.86 bits per heavy atom. The van der Waals surface area contributed by atoms with Gasteiger partial charge in [0.25, 0.3) is 0 Å². The summed E-state index contributed by atoms with van der Waals surface area (Å²) in [5.41, 5.74) is 6.24. The van der Waals surface area contributed by atoms with Crippen LogP contribution in [0.2, 0.25) is 0 Å². The van der Waals surface area contributed by atoms with E-state index in [1.165, 1.54) is 5.56 Å². The molecule has 2 rings (SSSR count). The average molecular weight is 293 g/mol. The van der Waals surface area contributed by atoms with Gasteiger partial charge in [0, 0.05) is 6.54 Å². The minimum atomic E-state index is -0.695. The van der Waals surface area contributed by atoms with Gasteiger partial charge in [-0.1, -0.05) is 19.4 Å². The number of methoxy groups -OCH3 is 1. The molecule has 2 atom stereocenters. The maximum Gasteiger partial charge on any atom is 0.161 e. The summed E-state index contributed by atoms with van der Waals surface area (Å²) in [4.78, 5) is 0. The second kappa shape index (κ2) is 7.14. The first-order valence-electron chi connectivity index (χ1n) is 7.85. The van der Waals surface area contributed by atoms with Crippen LogP contribution in [0, 0.1) is 5.92 Å². The first kappa shape index (κ1) is 16.1. The molecule has 21 heavy (non-hydrogen) atoms. The molecule has 3 N–H and O–H groups in total. The SMILES string of the molecule is CCc1ccc(OCCC2CCCC2(O)CN)c(OC)c1. The fourth-order valence-electron chi connectivity index (χ4n) is 3.17. The molecule has 4 heteroatoms. The molecule has 1 saturated carbocycles. The Bertz CT molecular complexity index is 463. The lowest BCUT2D eigenvalue weighted by molar-refractivity contribution is 0.00347. The number of benzene rings is 1. The van der Waals surface area contributed by atoms with Gasteiger partial charge in [0.1, 0.15) is 0 Å². The Hall–Kier alpha value is -1.26. The summed E-state index contributed by atoms with van der Waals surface area (Å²) in [7, 11) is 1.66. The van der Waals surface area contributed by atoms with Gasteiger partial charge in [0.15, 0.2) is 11.5 Å². The van der Waals surface area contributed by atoms with Crippen molar-refractivity contribution in [3.05, 3.63) is 23.8 Å². The first-order valence-corrected chi connectivity index (χ1v) is 7.85. The molecule has 0 aromatic heterocycles. The molecule has 0 heterocycles. The number of ether oxygens (including phenoxy) is 2. The number of aliphatic hydroxyl groups is 1. The van der Waals surface area contributed by atoms with Crippen LogP contribution in [0.15, 0.2) is 18.2 Å². The highest BCUT2D eigenvalue weighted by molar-refractivity contribution is 5.42. The fraction of sp³-hybridized carbons (Fsp3) is 0.647. The molecule has 4 nitrogen and oxygen atoms in total. The molecule has 118 valence electrons. The van der Waals surface area contributed by atoms with Crippen molar-refractivity contribution in [2.75, 3.05) is 20.3 Å². The Morgan fingerprint density at radius 2 is 2.19 bits per heavy atom. The molecule has 0 aliphatic heterocycles. The third-order valence-electron chi connectivity index (χ3n) is 4.64. The van der Waals surface area contributed by atoms with Crippen LogP contribution in [0.4, 0.5) is 0 Å². The molecular weight excluding hydrogens is 266 g/mol. The monoisotopic (exact) mass is 293 g/mol. The molecule has 1 aromatic carbocycles. The summed E-state index contributed by atoms with van der Waals surface area (Å²) in [6.07, 6.45) is 4.69. The summed E-state index contributed by atoms with van der Waals surface area (Å²) >= 11 is 0. The van der Waals surface area contributed by atoms with E-state index in [0.717, 1.165) is 43.6 Å². The second-order valence-electron chi connectivity index (χ2n) is 5.87. The maximum absolute atomic E-state index is 10.4. The highest BCUT2D eigenvalue weighted by atomic mass is 16.5. The Balaban J connectivity index is 1.91. The quantitative estimate of drug-likeness (QED) is 0.811. The number of hydrogen-bond acceptors (Lipinski definition) is 4. The van der Waals surface area contributed by atoms with Gasteiger partial charge in [-0.05, 0) is 49.3 Å². The van der Waals surface area contributed by atoms with E-state index >= 15 is 0 Å². The zero-order chi connectivity index (χ0) is 15.3. The van der Waals surface area contributed by atoms with Crippen molar-refractivity contribution in [3.63, 3.8) is 0 Å². The number of aryl methyl sites for hydroxylation is 1. The summed E-state index contributed by atoms with van der Waals surface area (Å²) in [6, 6.07) is 6.03. The van der Waals surface area contributed by atoms with Crippen LogP contribution in [0.1, 0.15) is 38.2 Å². The van der Waals surface area contributed by atoms with Crippen LogP contribution in [-0.2, 0) is 6.42 Å². The molecule has 0 saturated heterocycles. The van der Waals surface area contributed by atoms with E-state index in [9.17, 15) is 5.11 Å². The molecule has 2 unspecified atom stereocenters. The van der Waals surface area contributed by atoms with Crippen LogP contribution in [0.5, 0.6) is 11.5 Å². The van der Waals surface area contributed by atoms with E-state index in [1.54, 1.807) is 7.11 Å². The molecule has 1 aliphatic carbocycles. The highest BCUT2D eigenvalue weighted by Crippen LogP contribution is 2.37.